The van der Waals surface area contributed by atoms with Gasteiger partial charge in [-0.2, -0.15) is 0 Å². The van der Waals surface area contributed by atoms with E-state index in [0.29, 0.717) is 0 Å². The van der Waals surface area contributed by atoms with Crippen LogP contribution in [0.1, 0.15) is 18.6 Å². The Morgan fingerprint density at radius 2 is 1.92 bits per heavy atom. The van der Waals surface area contributed by atoms with Crippen molar-refractivity contribution in [2.45, 2.75) is 23.4 Å². The van der Waals surface area contributed by atoms with Gasteiger partial charge in [0.05, 0.1) is 28.1 Å². The van der Waals surface area contributed by atoms with Gasteiger partial charge in [-0.15, -0.1) is 11.3 Å². The van der Waals surface area contributed by atoms with E-state index in [1.807, 2.05) is 54.6 Å². The van der Waals surface area contributed by atoms with Crippen LogP contribution in [0.5, 0.6) is 0 Å². The third kappa shape index (κ3) is 4.14. The smallest absolute Gasteiger partial charge is 0.230 e. The van der Waals surface area contributed by atoms with Crippen molar-refractivity contribution in [3.63, 3.8) is 0 Å². The Morgan fingerprint density at radius 1 is 1.21 bits per heavy atom. The van der Waals surface area contributed by atoms with Gasteiger partial charge in [-0.3, -0.25) is 4.79 Å². The maximum Gasteiger partial charge on any atom is 0.230 e. The fourth-order valence-corrected chi connectivity index (χ4v) is 4.23. The molecule has 1 heterocycles. The van der Waals surface area contributed by atoms with Gasteiger partial charge in [0.1, 0.15) is 0 Å². The topological polar surface area (TPSA) is 62.2 Å². The van der Waals surface area contributed by atoms with Gasteiger partial charge in [-0.1, -0.05) is 54.2 Å². The first-order valence-corrected chi connectivity index (χ1v) is 9.44. The van der Waals surface area contributed by atoms with Crippen LogP contribution in [-0.2, 0) is 4.79 Å². The molecule has 2 atom stereocenters. The highest BCUT2D eigenvalue weighted by atomic mass is 32.2. The molecule has 0 spiro atoms. The maximum absolute atomic E-state index is 12.1. The number of rotatable bonds is 6. The molecule has 0 radical (unpaired) electrons. The molecular formula is C18H18N2O2S2. The predicted molar refractivity (Wildman–Crippen MR) is 99.4 cm³/mol. The van der Waals surface area contributed by atoms with Gasteiger partial charge in [0.2, 0.25) is 5.91 Å². The summed E-state index contributed by atoms with van der Waals surface area (Å²) < 4.78 is 2.00. The van der Waals surface area contributed by atoms with Gasteiger partial charge in [-0.05, 0) is 24.6 Å². The molecule has 1 amide bonds. The predicted octanol–water partition coefficient (Wildman–Crippen LogP) is 3.63. The number of amides is 1. The van der Waals surface area contributed by atoms with Crippen molar-refractivity contribution in [2.24, 2.45) is 0 Å². The van der Waals surface area contributed by atoms with Gasteiger partial charge in [0.25, 0.3) is 0 Å². The normalized spacial score (nSPS) is 13.6. The van der Waals surface area contributed by atoms with Gasteiger partial charge < -0.3 is 10.4 Å². The van der Waals surface area contributed by atoms with E-state index in [1.165, 1.54) is 11.8 Å². The Morgan fingerprint density at radius 3 is 2.67 bits per heavy atom. The average molecular weight is 358 g/mol. The maximum atomic E-state index is 12.1. The highest BCUT2D eigenvalue weighted by Crippen LogP contribution is 2.29. The molecule has 2 N–H and O–H groups in total. The molecular weight excluding hydrogens is 340 g/mol. The summed E-state index contributed by atoms with van der Waals surface area (Å²) in [5.74, 6) is 0.174. The van der Waals surface area contributed by atoms with Crippen LogP contribution in [0.4, 0.5) is 0 Å². The first-order chi connectivity index (χ1) is 11.6. The zero-order valence-electron chi connectivity index (χ0n) is 13.2. The van der Waals surface area contributed by atoms with Crippen LogP contribution in [0.3, 0.4) is 0 Å². The van der Waals surface area contributed by atoms with E-state index in [4.69, 9.17) is 0 Å². The van der Waals surface area contributed by atoms with Crippen LogP contribution < -0.4 is 5.32 Å². The molecule has 0 aliphatic carbocycles. The van der Waals surface area contributed by atoms with Crippen LogP contribution >= 0.6 is 23.1 Å². The number of thioether (sulfide) groups is 1. The summed E-state index contributed by atoms with van der Waals surface area (Å²) in [6.45, 7) is 1.80. The number of thiazole rings is 1. The lowest BCUT2D eigenvalue weighted by Gasteiger charge is -2.20. The number of fused-ring (bicyclic) bond motifs is 1. The lowest BCUT2D eigenvalue weighted by molar-refractivity contribution is -0.119. The molecule has 3 aromatic rings. The molecule has 6 heteroatoms. The van der Waals surface area contributed by atoms with Crippen molar-refractivity contribution in [3.8, 4) is 0 Å². The summed E-state index contributed by atoms with van der Waals surface area (Å²) >= 11 is 3.00. The molecule has 124 valence electrons. The molecule has 2 aromatic carbocycles. The summed E-state index contributed by atoms with van der Waals surface area (Å²) in [7, 11) is 0. The fraction of sp³-hybridized carbons (Fsp3) is 0.222. The Hall–Kier alpha value is -1.89. The number of nitrogens with one attached hydrogen (secondary N) is 1. The zero-order chi connectivity index (χ0) is 16.9. The van der Waals surface area contributed by atoms with E-state index < -0.39 is 6.10 Å². The fourth-order valence-electron chi connectivity index (χ4n) is 2.35. The molecule has 2 unspecified atom stereocenters. The van der Waals surface area contributed by atoms with Gasteiger partial charge in [-0.25, -0.2) is 4.98 Å². The Balaban J connectivity index is 1.53. The van der Waals surface area contributed by atoms with Crippen LogP contribution in [0.2, 0.25) is 0 Å². The highest BCUT2D eigenvalue weighted by Gasteiger charge is 2.18. The molecule has 0 bridgehead atoms. The Bertz CT molecular complexity index is 787. The third-order valence-electron chi connectivity index (χ3n) is 3.60. The highest BCUT2D eigenvalue weighted by molar-refractivity contribution is 8.01. The number of aliphatic hydroxyl groups excluding tert-OH is 1. The van der Waals surface area contributed by atoms with Crippen molar-refractivity contribution in [1.29, 1.82) is 0 Å². The minimum absolute atomic E-state index is 0.110. The minimum atomic E-state index is -0.720. The number of para-hydroxylation sites is 1. The number of hydrogen-bond donors (Lipinski definition) is 2. The molecule has 0 saturated heterocycles. The summed E-state index contributed by atoms with van der Waals surface area (Å²) in [4.78, 5) is 16.6. The first kappa shape index (κ1) is 17.0. The summed E-state index contributed by atoms with van der Waals surface area (Å²) in [5.41, 5.74) is 1.75. The number of carbonyl (C=O) groups excluding carboxylic acids is 1. The van der Waals surface area contributed by atoms with Crippen LogP contribution in [0.25, 0.3) is 10.2 Å². The number of aromatic nitrogens is 1. The lowest BCUT2D eigenvalue weighted by atomic mass is 10.0. The van der Waals surface area contributed by atoms with Crippen LogP contribution in [-0.4, -0.2) is 27.8 Å². The van der Waals surface area contributed by atoms with Crippen molar-refractivity contribution in [3.05, 3.63) is 60.2 Å². The summed E-state index contributed by atoms with van der Waals surface area (Å²) in [6, 6.07) is 16.9. The number of benzene rings is 2. The molecule has 0 fully saturated rings. The molecule has 0 aliphatic heterocycles. The first-order valence-electron chi connectivity index (χ1n) is 7.64. The number of nitrogens with zero attached hydrogens (tertiary/aromatic N) is 1. The van der Waals surface area contributed by atoms with Crippen molar-refractivity contribution >= 4 is 39.2 Å². The summed E-state index contributed by atoms with van der Waals surface area (Å²) in [6.07, 6.45) is -0.720. The zero-order valence-corrected chi connectivity index (χ0v) is 14.8. The molecule has 24 heavy (non-hydrogen) atoms. The SMILES string of the molecule is CC(NC(=O)CSc1nc2ccccc2s1)C(O)c1ccccc1. The van der Waals surface area contributed by atoms with Gasteiger partial charge in [0, 0.05) is 0 Å². The third-order valence-corrected chi connectivity index (χ3v) is 5.78. The second-order valence-electron chi connectivity index (χ2n) is 5.45. The van der Waals surface area contributed by atoms with E-state index in [2.05, 4.69) is 10.3 Å². The molecule has 1 aromatic heterocycles. The standard InChI is InChI=1S/C18H18N2O2S2/c1-12(17(22)13-7-3-2-4-8-13)19-16(21)11-23-18-20-14-9-5-6-10-15(14)24-18/h2-10,12,17,22H,11H2,1H3,(H,19,21). The number of aliphatic hydroxyl groups is 1. The van der Waals surface area contributed by atoms with E-state index in [1.54, 1.807) is 18.3 Å². The van der Waals surface area contributed by atoms with Crippen LogP contribution in [0, 0.1) is 0 Å². The van der Waals surface area contributed by atoms with Gasteiger partial charge in [0.15, 0.2) is 4.34 Å². The molecule has 4 nitrogen and oxygen atoms in total. The van der Waals surface area contributed by atoms with Gasteiger partial charge >= 0.3 is 0 Å². The molecule has 3 rings (SSSR count). The van der Waals surface area contributed by atoms with Crippen molar-refractivity contribution < 1.29 is 9.90 Å². The van der Waals surface area contributed by atoms with E-state index in [9.17, 15) is 9.90 Å². The lowest BCUT2D eigenvalue weighted by Crippen LogP contribution is -2.38. The largest absolute Gasteiger partial charge is 0.386 e. The second kappa shape index (κ2) is 7.79. The second-order valence-corrected chi connectivity index (χ2v) is 7.70. The average Bonchev–Trinajstić information content (AvgIpc) is 3.03. The summed E-state index contributed by atoms with van der Waals surface area (Å²) in [5, 5.41) is 13.1. The van der Waals surface area contributed by atoms with E-state index in [0.717, 1.165) is 20.1 Å². The Labute approximate surface area is 148 Å². The molecule has 0 aliphatic rings. The Kier molecular flexibility index (Phi) is 5.50. The molecule has 0 saturated carbocycles. The van der Waals surface area contributed by atoms with E-state index in [-0.39, 0.29) is 17.7 Å². The quantitative estimate of drug-likeness (QED) is 0.661. The van der Waals surface area contributed by atoms with Crippen molar-refractivity contribution in [2.75, 3.05) is 5.75 Å². The number of carbonyl (C=O) groups is 1. The number of hydrogen-bond acceptors (Lipinski definition) is 5. The monoisotopic (exact) mass is 358 g/mol. The van der Waals surface area contributed by atoms with E-state index >= 15 is 0 Å². The van der Waals surface area contributed by atoms with Crippen LogP contribution in [0.15, 0.2) is 58.9 Å². The minimum Gasteiger partial charge on any atom is -0.386 e. The van der Waals surface area contributed by atoms with Crippen molar-refractivity contribution in [1.82, 2.24) is 10.3 Å².